The summed E-state index contributed by atoms with van der Waals surface area (Å²) in [7, 11) is 0. The lowest BCUT2D eigenvalue weighted by Crippen LogP contribution is -2.67. The van der Waals surface area contributed by atoms with Gasteiger partial charge in [0.2, 0.25) is 0 Å². The van der Waals surface area contributed by atoms with Gasteiger partial charge in [-0.25, -0.2) is 4.79 Å². The number of alkyl carbamates (subject to hydrolysis) is 1. The molecule has 1 amide bonds. The lowest BCUT2D eigenvalue weighted by molar-refractivity contribution is -0.149. The summed E-state index contributed by atoms with van der Waals surface area (Å²) >= 11 is 0. The smallest absolute Gasteiger partial charge is 0.408 e. The molecule has 4 rings (SSSR count). The maximum atomic E-state index is 12.7. The molecule has 0 heterocycles. The summed E-state index contributed by atoms with van der Waals surface area (Å²) in [6.07, 6.45) is 8.36. The monoisotopic (exact) mass is 395 g/mol. The number of nitrogens with one attached hydrogen (secondary N) is 1. The van der Waals surface area contributed by atoms with Crippen LogP contribution in [0.4, 0.5) is 4.79 Å². The SMILES string of the molecule is CC(CO)CC12CC3CC(CC(C)CO)(C1)CC(NC(=O)OC(C)(C)C)(C3)C2. The van der Waals surface area contributed by atoms with E-state index in [1.165, 1.54) is 19.3 Å². The van der Waals surface area contributed by atoms with Crippen molar-refractivity contribution in [2.24, 2.45) is 28.6 Å². The molecule has 4 aliphatic rings. The molecule has 0 radical (unpaired) electrons. The normalized spacial score (nSPS) is 38.9. The molecule has 162 valence electrons. The molecule has 4 fully saturated rings. The van der Waals surface area contributed by atoms with Crippen LogP contribution in [-0.2, 0) is 4.74 Å². The summed E-state index contributed by atoms with van der Waals surface area (Å²) < 4.78 is 5.62. The number of hydrogen-bond acceptors (Lipinski definition) is 4. The van der Waals surface area contributed by atoms with E-state index in [1.54, 1.807) is 0 Å². The van der Waals surface area contributed by atoms with E-state index in [0.717, 1.165) is 32.1 Å². The summed E-state index contributed by atoms with van der Waals surface area (Å²) in [5.74, 6) is 1.17. The molecule has 5 nitrogen and oxygen atoms in total. The zero-order valence-electron chi connectivity index (χ0n) is 18.5. The third kappa shape index (κ3) is 4.67. The number of carbonyl (C=O) groups excluding carboxylic acids is 1. The van der Waals surface area contributed by atoms with Crippen LogP contribution >= 0.6 is 0 Å². The lowest BCUT2D eigenvalue weighted by atomic mass is 9.40. The number of rotatable bonds is 7. The molecule has 4 unspecified atom stereocenters. The Bertz CT molecular complexity index is 556. The van der Waals surface area contributed by atoms with Crippen molar-refractivity contribution in [1.29, 1.82) is 0 Å². The molecule has 5 heteroatoms. The Morgan fingerprint density at radius 3 is 1.93 bits per heavy atom. The van der Waals surface area contributed by atoms with Gasteiger partial charge in [-0.05, 0) is 101 Å². The highest BCUT2D eigenvalue weighted by Crippen LogP contribution is 2.69. The average Bonchev–Trinajstić information content (AvgIpc) is 2.49. The Morgan fingerprint density at radius 1 is 1.00 bits per heavy atom. The average molecular weight is 396 g/mol. The molecule has 0 aliphatic heterocycles. The van der Waals surface area contributed by atoms with Gasteiger partial charge >= 0.3 is 6.09 Å². The van der Waals surface area contributed by atoms with Crippen LogP contribution in [0, 0.1) is 28.6 Å². The van der Waals surface area contributed by atoms with Crippen LogP contribution in [0.3, 0.4) is 0 Å². The van der Waals surface area contributed by atoms with Crippen LogP contribution in [-0.4, -0.2) is 40.7 Å². The number of aliphatic hydroxyl groups excluding tert-OH is 2. The van der Waals surface area contributed by atoms with E-state index in [-0.39, 0.29) is 47.5 Å². The first-order valence-electron chi connectivity index (χ1n) is 11.1. The standard InChI is InChI=1S/C23H41NO4/c1-16(11-25)6-21-8-18-9-22(13-21,7-17(2)12-26)15-23(10-18,14-21)24-19(27)28-20(3,4)5/h16-18,25-26H,6-15H2,1-5H3,(H,24,27). The fraction of sp³-hybridized carbons (Fsp3) is 0.957. The van der Waals surface area contributed by atoms with E-state index >= 15 is 0 Å². The molecule has 4 atom stereocenters. The van der Waals surface area contributed by atoms with Gasteiger partial charge in [-0.2, -0.15) is 0 Å². The molecule has 4 bridgehead atoms. The number of aliphatic hydroxyl groups is 2. The van der Waals surface area contributed by atoms with E-state index < -0.39 is 5.60 Å². The molecule has 28 heavy (non-hydrogen) atoms. The van der Waals surface area contributed by atoms with Crippen molar-refractivity contribution in [3.05, 3.63) is 0 Å². The predicted molar refractivity (Wildman–Crippen MR) is 110 cm³/mol. The van der Waals surface area contributed by atoms with Gasteiger partial charge in [-0.15, -0.1) is 0 Å². The van der Waals surface area contributed by atoms with Gasteiger partial charge in [0.15, 0.2) is 0 Å². The number of ether oxygens (including phenoxy) is 1. The van der Waals surface area contributed by atoms with Crippen molar-refractivity contribution in [2.75, 3.05) is 13.2 Å². The zero-order chi connectivity index (χ0) is 20.8. The van der Waals surface area contributed by atoms with Crippen molar-refractivity contribution in [3.63, 3.8) is 0 Å². The van der Waals surface area contributed by atoms with Gasteiger partial charge in [0.1, 0.15) is 5.60 Å². The van der Waals surface area contributed by atoms with E-state index in [9.17, 15) is 15.0 Å². The minimum Gasteiger partial charge on any atom is -0.444 e. The summed E-state index contributed by atoms with van der Waals surface area (Å²) in [4.78, 5) is 12.7. The van der Waals surface area contributed by atoms with Gasteiger partial charge < -0.3 is 20.3 Å². The third-order valence-electron chi connectivity index (χ3n) is 7.25. The summed E-state index contributed by atoms with van der Waals surface area (Å²) in [6.45, 7) is 10.4. The molecule has 3 N–H and O–H groups in total. The molecular formula is C23H41NO4. The lowest BCUT2D eigenvalue weighted by Gasteiger charge is -2.67. The van der Waals surface area contributed by atoms with Crippen LogP contribution in [0.2, 0.25) is 0 Å². The van der Waals surface area contributed by atoms with Crippen molar-refractivity contribution in [1.82, 2.24) is 5.32 Å². The molecule has 4 saturated carbocycles. The molecule has 0 aromatic heterocycles. The second kappa shape index (κ2) is 7.46. The quantitative estimate of drug-likeness (QED) is 0.602. The summed E-state index contributed by atoms with van der Waals surface area (Å²) in [6, 6.07) is 0. The van der Waals surface area contributed by atoms with Crippen molar-refractivity contribution >= 4 is 6.09 Å². The summed E-state index contributed by atoms with van der Waals surface area (Å²) in [5.41, 5.74) is -0.331. The first-order chi connectivity index (χ1) is 12.9. The van der Waals surface area contributed by atoms with Gasteiger partial charge in [0.25, 0.3) is 0 Å². The van der Waals surface area contributed by atoms with Crippen molar-refractivity contribution in [2.45, 2.75) is 97.1 Å². The van der Waals surface area contributed by atoms with Gasteiger partial charge in [0, 0.05) is 18.8 Å². The Hall–Kier alpha value is -0.810. The van der Waals surface area contributed by atoms with Crippen molar-refractivity contribution in [3.8, 4) is 0 Å². The topological polar surface area (TPSA) is 78.8 Å². The molecular weight excluding hydrogens is 354 g/mol. The van der Waals surface area contributed by atoms with E-state index in [2.05, 4.69) is 19.2 Å². The highest BCUT2D eigenvalue weighted by atomic mass is 16.6. The number of amides is 1. The Balaban J connectivity index is 1.87. The Labute approximate surface area is 170 Å². The van der Waals surface area contributed by atoms with Crippen LogP contribution in [0.25, 0.3) is 0 Å². The maximum absolute atomic E-state index is 12.7. The van der Waals surface area contributed by atoms with E-state index in [0.29, 0.717) is 5.92 Å². The predicted octanol–water partition coefficient (Wildman–Crippen LogP) is 4.26. The van der Waals surface area contributed by atoms with E-state index in [4.69, 9.17) is 4.74 Å². The fourth-order valence-corrected chi connectivity index (χ4v) is 7.57. The fourth-order valence-electron chi connectivity index (χ4n) is 7.57. The van der Waals surface area contributed by atoms with Crippen LogP contribution in [0.5, 0.6) is 0 Å². The Kier molecular flexibility index (Phi) is 5.83. The molecule has 4 aliphatic carbocycles. The van der Waals surface area contributed by atoms with Crippen LogP contribution < -0.4 is 5.32 Å². The van der Waals surface area contributed by atoms with E-state index in [1.807, 2.05) is 20.8 Å². The number of carbonyl (C=O) groups is 1. The molecule has 0 saturated heterocycles. The largest absolute Gasteiger partial charge is 0.444 e. The second-order valence-electron chi connectivity index (χ2n) is 11.9. The minimum atomic E-state index is -0.501. The second-order valence-corrected chi connectivity index (χ2v) is 11.9. The molecule has 0 aromatic rings. The Morgan fingerprint density at radius 2 is 1.50 bits per heavy atom. The summed E-state index contributed by atoms with van der Waals surface area (Å²) in [5, 5.41) is 22.7. The van der Waals surface area contributed by atoms with Gasteiger partial charge in [0.05, 0.1) is 0 Å². The first-order valence-corrected chi connectivity index (χ1v) is 11.1. The van der Waals surface area contributed by atoms with Crippen LogP contribution in [0.1, 0.15) is 86.0 Å². The van der Waals surface area contributed by atoms with Crippen molar-refractivity contribution < 1.29 is 19.7 Å². The molecule has 0 spiro atoms. The van der Waals surface area contributed by atoms with Gasteiger partial charge in [-0.3, -0.25) is 0 Å². The first kappa shape index (κ1) is 21.9. The zero-order valence-corrected chi connectivity index (χ0v) is 18.5. The minimum absolute atomic E-state index is 0.186. The van der Waals surface area contributed by atoms with Crippen LogP contribution in [0.15, 0.2) is 0 Å². The highest BCUT2D eigenvalue weighted by Gasteiger charge is 2.63. The maximum Gasteiger partial charge on any atom is 0.408 e. The molecule has 0 aromatic carbocycles. The van der Waals surface area contributed by atoms with Gasteiger partial charge in [-0.1, -0.05) is 13.8 Å². The number of hydrogen-bond donors (Lipinski definition) is 3. The third-order valence-corrected chi connectivity index (χ3v) is 7.25. The highest BCUT2D eigenvalue weighted by molar-refractivity contribution is 5.69.